The Morgan fingerprint density at radius 1 is 1.04 bits per heavy atom. The van der Waals surface area contributed by atoms with Crippen molar-refractivity contribution < 1.29 is 9.53 Å². The van der Waals surface area contributed by atoms with Crippen LogP contribution in [0.1, 0.15) is 16.1 Å². The third-order valence-corrected chi connectivity index (χ3v) is 3.41. The molecule has 2 aromatic heterocycles. The molecule has 24 heavy (non-hydrogen) atoms. The largest absolute Gasteiger partial charge is 0.497 e. The molecular weight excluding hydrogens is 316 g/mol. The Morgan fingerprint density at radius 2 is 1.75 bits per heavy atom. The SMILES string of the molecule is COc1ccc(C(=O)Cc2nc3[nH]c(=O)[nH]c(=O)c3[nH]c2=O)cc1. The zero-order chi connectivity index (χ0) is 17.3. The summed E-state index contributed by atoms with van der Waals surface area (Å²) in [6, 6.07) is 6.40. The van der Waals surface area contributed by atoms with Crippen molar-refractivity contribution in [2.45, 2.75) is 6.42 Å². The van der Waals surface area contributed by atoms with E-state index in [4.69, 9.17) is 4.74 Å². The lowest BCUT2D eigenvalue weighted by atomic mass is 10.1. The van der Waals surface area contributed by atoms with Crippen LogP contribution in [-0.4, -0.2) is 32.8 Å². The summed E-state index contributed by atoms with van der Waals surface area (Å²) in [6.07, 6.45) is -0.271. The number of benzene rings is 1. The number of H-pyrrole nitrogens is 3. The quantitative estimate of drug-likeness (QED) is 0.564. The van der Waals surface area contributed by atoms with Crippen molar-refractivity contribution in [3.05, 3.63) is 66.7 Å². The van der Waals surface area contributed by atoms with E-state index < -0.39 is 16.8 Å². The highest BCUT2D eigenvalue weighted by molar-refractivity contribution is 5.97. The molecule has 0 bridgehead atoms. The van der Waals surface area contributed by atoms with Gasteiger partial charge in [-0.05, 0) is 24.3 Å². The predicted octanol–water partition coefficient (Wildman–Crippen LogP) is -0.266. The van der Waals surface area contributed by atoms with Crippen molar-refractivity contribution in [1.82, 2.24) is 19.9 Å². The first-order chi connectivity index (χ1) is 11.5. The van der Waals surface area contributed by atoms with E-state index in [1.165, 1.54) is 7.11 Å². The third-order valence-electron chi connectivity index (χ3n) is 3.41. The molecule has 0 radical (unpaired) electrons. The van der Waals surface area contributed by atoms with Gasteiger partial charge < -0.3 is 9.72 Å². The van der Waals surface area contributed by atoms with Crippen LogP contribution in [0.5, 0.6) is 5.75 Å². The van der Waals surface area contributed by atoms with Crippen LogP contribution in [0.4, 0.5) is 0 Å². The number of hydrogen-bond acceptors (Lipinski definition) is 6. The normalized spacial score (nSPS) is 10.7. The summed E-state index contributed by atoms with van der Waals surface area (Å²) in [5.41, 5.74) is -2.12. The van der Waals surface area contributed by atoms with Gasteiger partial charge in [0.15, 0.2) is 16.9 Å². The van der Waals surface area contributed by atoms with Crippen LogP contribution in [0.25, 0.3) is 11.2 Å². The number of Topliss-reactive ketones (excluding diaryl/α,β-unsaturated/α-hetero) is 1. The number of carbonyl (C=O) groups excluding carboxylic acids is 1. The first-order valence-corrected chi connectivity index (χ1v) is 6.90. The molecule has 0 fully saturated rings. The Bertz CT molecular complexity index is 1090. The van der Waals surface area contributed by atoms with Crippen molar-refractivity contribution >= 4 is 16.9 Å². The molecule has 122 valence electrons. The van der Waals surface area contributed by atoms with E-state index in [9.17, 15) is 19.2 Å². The Morgan fingerprint density at radius 3 is 2.42 bits per heavy atom. The van der Waals surface area contributed by atoms with Crippen LogP contribution in [-0.2, 0) is 6.42 Å². The van der Waals surface area contributed by atoms with E-state index in [1.54, 1.807) is 24.3 Å². The second-order valence-electron chi connectivity index (χ2n) is 4.97. The number of rotatable bonds is 4. The maximum absolute atomic E-state index is 12.3. The maximum atomic E-state index is 12.3. The minimum Gasteiger partial charge on any atom is -0.497 e. The summed E-state index contributed by atoms with van der Waals surface area (Å²) in [5, 5.41) is 0. The van der Waals surface area contributed by atoms with E-state index >= 15 is 0 Å². The van der Waals surface area contributed by atoms with Crippen molar-refractivity contribution in [3.8, 4) is 5.75 Å². The highest BCUT2D eigenvalue weighted by Crippen LogP contribution is 2.12. The molecule has 0 amide bonds. The van der Waals surface area contributed by atoms with Gasteiger partial charge >= 0.3 is 5.69 Å². The van der Waals surface area contributed by atoms with E-state index in [2.05, 4.69) is 15.0 Å². The fraction of sp³-hybridized carbons (Fsp3) is 0.133. The number of carbonyl (C=O) groups is 1. The van der Waals surface area contributed by atoms with Crippen molar-refractivity contribution in [2.75, 3.05) is 7.11 Å². The maximum Gasteiger partial charge on any atom is 0.327 e. The van der Waals surface area contributed by atoms with Crippen LogP contribution in [0.2, 0.25) is 0 Å². The molecule has 3 aromatic rings. The zero-order valence-corrected chi connectivity index (χ0v) is 12.5. The van der Waals surface area contributed by atoms with Gasteiger partial charge in [-0.3, -0.25) is 24.4 Å². The molecule has 9 nitrogen and oxygen atoms in total. The second kappa shape index (κ2) is 5.95. The second-order valence-corrected chi connectivity index (χ2v) is 4.97. The van der Waals surface area contributed by atoms with Crippen molar-refractivity contribution in [1.29, 1.82) is 0 Å². The summed E-state index contributed by atoms with van der Waals surface area (Å²) in [4.78, 5) is 57.7. The monoisotopic (exact) mass is 328 g/mol. The number of hydrogen-bond donors (Lipinski definition) is 3. The number of ketones is 1. The lowest BCUT2D eigenvalue weighted by molar-refractivity contribution is 0.0991. The minimum absolute atomic E-state index is 0.0825. The van der Waals surface area contributed by atoms with E-state index in [1.807, 2.05) is 4.98 Å². The van der Waals surface area contributed by atoms with Gasteiger partial charge in [0.2, 0.25) is 0 Å². The Labute approximate surface area is 133 Å². The summed E-state index contributed by atoms with van der Waals surface area (Å²) in [6.45, 7) is 0. The Kier molecular flexibility index (Phi) is 3.82. The Balaban J connectivity index is 1.98. The highest BCUT2D eigenvalue weighted by Gasteiger charge is 2.14. The summed E-state index contributed by atoms with van der Waals surface area (Å²) in [7, 11) is 1.51. The fourth-order valence-corrected chi connectivity index (χ4v) is 2.20. The average molecular weight is 328 g/mol. The lowest BCUT2D eigenvalue weighted by Gasteiger charge is -2.03. The van der Waals surface area contributed by atoms with E-state index in [-0.39, 0.29) is 29.1 Å². The average Bonchev–Trinajstić information content (AvgIpc) is 2.56. The number of methoxy groups -OCH3 is 1. The summed E-state index contributed by atoms with van der Waals surface area (Å²) < 4.78 is 5.01. The molecule has 2 heterocycles. The smallest absolute Gasteiger partial charge is 0.327 e. The van der Waals surface area contributed by atoms with Crippen LogP contribution in [0, 0.1) is 0 Å². The molecule has 0 spiro atoms. The molecule has 9 heteroatoms. The molecule has 0 atom stereocenters. The molecule has 0 saturated heterocycles. The molecule has 0 unspecified atom stereocenters. The van der Waals surface area contributed by atoms with Crippen molar-refractivity contribution in [2.24, 2.45) is 0 Å². The van der Waals surface area contributed by atoms with Gasteiger partial charge in [-0.25, -0.2) is 9.78 Å². The topological polar surface area (TPSA) is 138 Å². The number of aromatic amines is 3. The number of aromatic nitrogens is 4. The molecule has 0 aliphatic heterocycles. The Hall–Kier alpha value is -3.49. The van der Waals surface area contributed by atoms with Gasteiger partial charge in [-0.1, -0.05) is 0 Å². The van der Waals surface area contributed by atoms with Crippen LogP contribution >= 0.6 is 0 Å². The lowest BCUT2D eigenvalue weighted by Crippen LogP contribution is -2.28. The first-order valence-electron chi connectivity index (χ1n) is 6.90. The van der Waals surface area contributed by atoms with Crippen molar-refractivity contribution in [3.63, 3.8) is 0 Å². The van der Waals surface area contributed by atoms with Gasteiger partial charge in [-0.15, -0.1) is 0 Å². The molecule has 0 saturated carbocycles. The number of ether oxygens (including phenoxy) is 1. The molecule has 0 aliphatic rings. The number of nitrogens with one attached hydrogen (secondary N) is 3. The number of fused-ring (bicyclic) bond motifs is 1. The molecular formula is C15H12N4O5. The van der Waals surface area contributed by atoms with Crippen LogP contribution < -0.4 is 21.5 Å². The van der Waals surface area contributed by atoms with Gasteiger partial charge in [0.25, 0.3) is 11.1 Å². The van der Waals surface area contributed by atoms with Gasteiger partial charge in [0.05, 0.1) is 13.5 Å². The van der Waals surface area contributed by atoms with Crippen LogP contribution in [0.15, 0.2) is 38.6 Å². The summed E-state index contributed by atoms with van der Waals surface area (Å²) >= 11 is 0. The fourth-order valence-electron chi connectivity index (χ4n) is 2.20. The van der Waals surface area contributed by atoms with Gasteiger partial charge in [-0.2, -0.15) is 0 Å². The minimum atomic E-state index is -0.758. The molecule has 1 aromatic carbocycles. The highest BCUT2D eigenvalue weighted by atomic mass is 16.5. The summed E-state index contributed by atoms with van der Waals surface area (Å²) in [5.74, 6) is 0.271. The standard InChI is InChI=1S/C15H12N4O5/c1-24-8-4-2-7(3-5-8)10(20)6-9-13(21)17-11-12(16-9)18-15(23)19-14(11)22/h2-5H,6H2,1H3,(H,17,21)(H2,16,18,19,22,23). The van der Waals surface area contributed by atoms with E-state index in [0.717, 1.165) is 0 Å². The van der Waals surface area contributed by atoms with E-state index in [0.29, 0.717) is 11.3 Å². The zero-order valence-electron chi connectivity index (χ0n) is 12.5. The van der Waals surface area contributed by atoms with Crippen LogP contribution in [0.3, 0.4) is 0 Å². The molecule has 3 N–H and O–H groups in total. The number of nitrogens with zero attached hydrogens (tertiary/aromatic N) is 1. The molecule has 3 rings (SSSR count). The first kappa shape index (κ1) is 15.4. The van der Waals surface area contributed by atoms with Gasteiger partial charge in [0.1, 0.15) is 11.4 Å². The van der Waals surface area contributed by atoms with Gasteiger partial charge in [0, 0.05) is 5.56 Å². The third kappa shape index (κ3) is 2.86. The predicted molar refractivity (Wildman–Crippen MR) is 84.6 cm³/mol. The molecule has 0 aliphatic carbocycles.